The van der Waals surface area contributed by atoms with E-state index in [1.807, 2.05) is 86.2 Å². The van der Waals surface area contributed by atoms with Crippen LogP contribution in [0.5, 0.6) is 11.5 Å². The summed E-state index contributed by atoms with van der Waals surface area (Å²) < 4.78 is 11.2. The molecule has 5 aromatic rings. The zero-order valence-electron chi connectivity index (χ0n) is 16.8. The number of halogens is 1. The van der Waals surface area contributed by atoms with Crippen molar-refractivity contribution in [1.82, 2.24) is 19.1 Å². The number of aromatic nitrogens is 4. The lowest BCUT2D eigenvalue weighted by molar-refractivity contribution is 0.484. The molecule has 150 valence electrons. The molecule has 0 aliphatic carbocycles. The molecule has 30 heavy (non-hydrogen) atoms. The number of nitrogens with one attached hydrogen (secondary N) is 1. The average Bonchev–Trinajstić information content (AvgIpc) is 3.19. The van der Waals surface area contributed by atoms with Gasteiger partial charge >= 0.3 is 0 Å². The molecule has 0 amide bonds. The predicted octanol–water partition coefficient (Wildman–Crippen LogP) is 6.07. The zero-order chi connectivity index (χ0) is 20.8. The van der Waals surface area contributed by atoms with Crippen molar-refractivity contribution < 1.29 is 4.74 Å². The highest BCUT2D eigenvalue weighted by atomic mass is 79.9. The Morgan fingerprint density at radius 3 is 2.07 bits per heavy atom. The van der Waals surface area contributed by atoms with Crippen molar-refractivity contribution in [2.45, 2.75) is 6.92 Å². The van der Waals surface area contributed by atoms with Crippen LogP contribution in [0, 0.1) is 6.92 Å². The first-order valence-corrected chi connectivity index (χ1v) is 10.4. The van der Waals surface area contributed by atoms with Crippen LogP contribution in [0.3, 0.4) is 0 Å². The van der Waals surface area contributed by atoms with Gasteiger partial charge in [-0.05, 0) is 55.5 Å². The van der Waals surface area contributed by atoms with Crippen molar-refractivity contribution in [3.05, 3.63) is 71.0 Å². The molecule has 2 heterocycles. The van der Waals surface area contributed by atoms with Crippen LogP contribution in [0.4, 0.5) is 11.6 Å². The standard InChI is InChI=1S/C23H20BrN5O/c1-14-25-19-12-17(8-10-21(19)28(14)2)30-18-9-11-22-20(13-18)27-23(29(22)3)26-16-6-4-15(24)5-7-16/h4-13H,1-3H3,(H,26,27). The Morgan fingerprint density at radius 2 is 1.40 bits per heavy atom. The van der Waals surface area contributed by atoms with Crippen LogP contribution in [-0.4, -0.2) is 19.1 Å². The predicted molar refractivity (Wildman–Crippen MR) is 124 cm³/mol. The number of ether oxygens (including phenoxy) is 1. The number of rotatable bonds is 4. The van der Waals surface area contributed by atoms with Crippen molar-refractivity contribution in [2.75, 3.05) is 5.32 Å². The van der Waals surface area contributed by atoms with Crippen LogP contribution in [0.2, 0.25) is 0 Å². The molecule has 2 aromatic heterocycles. The van der Waals surface area contributed by atoms with Gasteiger partial charge in [-0.15, -0.1) is 0 Å². The molecule has 0 fully saturated rings. The first-order valence-electron chi connectivity index (χ1n) is 9.58. The number of imidazole rings is 2. The van der Waals surface area contributed by atoms with Crippen molar-refractivity contribution in [1.29, 1.82) is 0 Å². The van der Waals surface area contributed by atoms with E-state index in [4.69, 9.17) is 9.72 Å². The third kappa shape index (κ3) is 3.31. The minimum atomic E-state index is 0.739. The summed E-state index contributed by atoms with van der Waals surface area (Å²) in [5.41, 5.74) is 4.88. The Kier molecular flexibility index (Phi) is 4.47. The number of hydrogen-bond acceptors (Lipinski definition) is 4. The van der Waals surface area contributed by atoms with E-state index in [-0.39, 0.29) is 0 Å². The maximum Gasteiger partial charge on any atom is 0.208 e. The molecule has 6 nitrogen and oxygen atoms in total. The van der Waals surface area contributed by atoms with Crippen LogP contribution < -0.4 is 10.1 Å². The van der Waals surface area contributed by atoms with E-state index in [1.165, 1.54) is 0 Å². The molecule has 0 unspecified atom stereocenters. The summed E-state index contributed by atoms with van der Waals surface area (Å²) >= 11 is 3.46. The molecular weight excluding hydrogens is 442 g/mol. The molecule has 0 aliphatic rings. The topological polar surface area (TPSA) is 56.9 Å². The van der Waals surface area contributed by atoms with Crippen LogP contribution in [-0.2, 0) is 14.1 Å². The van der Waals surface area contributed by atoms with Gasteiger partial charge in [0.15, 0.2) is 0 Å². The Hall–Kier alpha value is -3.32. The summed E-state index contributed by atoms with van der Waals surface area (Å²) in [6.07, 6.45) is 0. The van der Waals surface area contributed by atoms with Gasteiger partial charge in [0.05, 0.1) is 22.1 Å². The number of aryl methyl sites for hydroxylation is 3. The molecule has 0 radical (unpaired) electrons. The number of nitrogens with zero attached hydrogens (tertiary/aromatic N) is 4. The van der Waals surface area contributed by atoms with E-state index in [2.05, 4.69) is 30.8 Å². The normalized spacial score (nSPS) is 11.3. The second kappa shape index (κ2) is 7.18. The van der Waals surface area contributed by atoms with Crippen LogP contribution in [0.15, 0.2) is 65.1 Å². The minimum absolute atomic E-state index is 0.739. The summed E-state index contributed by atoms with van der Waals surface area (Å²) in [5, 5.41) is 3.37. The fourth-order valence-electron chi connectivity index (χ4n) is 3.52. The molecule has 0 spiro atoms. The summed E-state index contributed by atoms with van der Waals surface area (Å²) in [4.78, 5) is 9.32. The summed E-state index contributed by atoms with van der Waals surface area (Å²) in [7, 11) is 4.01. The maximum atomic E-state index is 6.10. The summed E-state index contributed by atoms with van der Waals surface area (Å²) in [6.45, 7) is 2.00. The lowest BCUT2D eigenvalue weighted by Crippen LogP contribution is -1.98. The van der Waals surface area contributed by atoms with Crippen LogP contribution >= 0.6 is 15.9 Å². The van der Waals surface area contributed by atoms with E-state index in [0.29, 0.717) is 0 Å². The molecule has 0 bridgehead atoms. The van der Waals surface area contributed by atoms with Crippen molar-refractivity contribution in [3.8, 4) is 11.5 Å². The fourth-order valence-corrected chi connectivity index (χ4v) is 3.78. The van der Waals surface area contributed by atoms with E-state index < -0.39 is 0 Å². The smallest absolute Gasteiger partial charge is 0.208 e. The molecule has 3 aromatic carbocycles. The number of benzene rings is 3. The average molecular weight is 462 g/mol. The monoisotopic (exact) mass is 461 g/mol. The maximum absolute atomic E-state index is 6.10. The quantitative estimate of drug-likeness (QED) is 0.353. The van der Waals surface area contributed by atoms with E-state index in [1.54, 1.807) is 0 Å². The minimum Gasteiger partial charge on any atom is -0.457 e. The van der Waals surface area contributed by atoms with Gasteiger partial charge in [0.2, 0.25) is 5.95 Å². The first kappa shape index (κ1) is 18.7. The van der Waals surface area contributed by atoms with Crippen molar-refractivity contribution in [3.63, 3.8) is 0 Å². The van der Waals surface area contributed by atoms with Gasteiger partial charge in [-0.1, -0.05) is 15.9 Å². The van der Waals surface area contributed by atoms with Gasteiger partial charge in [0.25, 0.3) is 0 Å². The Bertz CT molecular complexity index is 1380. The second-order valence-corrected chi connectivity index (χ2v) is 8.16. The third-order valence-corrected chi connectivity index (χ3v) is 5.79. The highest BCUT2D eigenvalue weighted by molar-refractivity contribution is 9.10. The Balaban J connectivity index is 1.44. The van der Waals surface area contributed by atoms with Gasteiger partial charge in [-0.2, -0.15) is 0 Å². The van der Waals surface area contributed by atoms with Crippen LogP contribution in [0.25, 0.3) is 22.1 Å². The SMILES string of the molecule is Cc1nc2cc(Oc3ccc4c(c3)nc(Nc3ccc(Br)cc3)n4C)ccc2n1C. The zero-order valence-corrected chi connectivity index (χ0v) is 18.4. The Labute approximate surface area is 182 Å². The highest BCUT2D eigenvalue weighted by Crippen LogP contribution is 2.30. The molecule has 5 rings (SSSR count). The lowest BCUT2D eigenvalue weighted by atomic mass is 10.2. The molecule has 1 N–H and O–H groups in total. The number of anilines is 2. The highest BCUT2D eigenvalue weighted by Gasteiger charge is 2.11. The molecule has 0 saturated heterocycles. The van der Waals surface area contributed by atoms with Gasteiger partial charge < -0.3 is 19.2 Å². The van der Waals surface area contributed by atoms with Crippen molar-refractivity contribution in [2.24, 2.45) is 14.1 Å². The Morgan fingerprint density at radius 1 is 0.800 bits per heavy atom. The van der Waals surface area contributed by atoms with E-state index in [9.17, 15) is 0 Å². The number of hydrogen-bond donors (Lipinski definition) is 1. The summed E-state index contributed by atoms with van der Waals surface area (Å²) in [6, 6.07) is 19.9. The van der Waals surface area contributed by atoms with Gasteiger partial charge in [-0.3, -0.25) is 0 Å². The van der Waals surface area contributed by atoms with Gasteiger partial charge in [0, 0.05) is 36.4 Å². The third-order valence-electron chi connectivity index (χ3n) is 5.26. The molecular formula is C23H20BrN5O. The molecule has 0 saturated carbocycles. The first-order chi connectivity index (χ1) is 14.5. The largest absolute Gasteiger partial charge is 0.457 e. The van der Waals surface area contributed by atoms with Crippen molar-refractivity contribution >= 4 is 49.6 Å². The summed E-state index contributed by atoms with van der Waals surface area (Å²) in [5.74, 6) is 3.24. The van der Waals surface area contributed by atoms with Crippen LogP contribution in [0.1, 0.15) is 5.82 Å². The molecule has 0 aliphatic heterocycles. The second-order valence-electron chi connectivity index (χ2n) is 7.25. The molecule has 0 atom stereocenters. The van der Waals surface area contributed by atoms with E-state index in [0.717, 1.165) is 55.5 Å². The van der Waals surface area contributed by atoms with Gasteiger partial charge in [0.1, 0.15) is 17.3 Å². The molecule has 7 heteroatoms. The lowest BCUT2D eigenvalue weighted by Gasteiger charge is -2.07. The van der Waals surface area contributed by atoms with E-state index >= 15 is 0 Å². The van der Waals surface area contributed by atoms with Gasteiger partial charge in [-0.25, -0.2) is 9.97 Å². The fraction of sp³-hybridized carbons (Fsp3) is 0.130. The number of fused-ring (bicyclic) bond motifs is 2.